The van der Waals surface area contributed by atoms with E-state index in [-0.39, 0.29) is 28.2 Å². The van der Waals surface area contributed by atoms with Gasteiger partial charge in [-0.25, -0.2) is 13.2 Å². The number of thioether (sulfide) groups is 1. The van der Waals surface area contributed by atoms with Crippen molar-refractivity contribution in [1.29, 1.82) is 0 Å². The Labute approximate surface area is 214 Å². The lowest BCUT2D eigenvalue weighted by Gasteiger charge is -2.27. The number of methoxy groups -OCH3 is 1. The quantitative estimate of drug-likeness (QED) is 0.452. The van der Waals surface area contributed by atoms with Gasteiger partial charge < -0.3 is 9.64 Å². The Kier molecular flexibility index (Phi) is 7.49. The number of ether oxygens (including phenoxy) is 1. The fourth-order valence-corrected chi connectivity index (χ4v) is 7.08. The molecule has 1 heterocycles. The van der Waals surface area contributed by atoms with E-state index in [1.54, 1.807) is 37.4 Å². The third kappa shape index (κ3) is 5.16. The van der Waals surface area contributed by atoms with Gasteiger partial charge in [0.25, 0.3) is 0 Å². The van der Waals surface area contributed by atoms with Crippen LogP contribution in [-0.2, 0) is 24.3 Å². The summed E-state index contributed by atoms with van der Waals surface area (Å²) < 4.78 is 33.4. The number of amides is 1. The maximum absolute atomic E-state index is 13.7. The molecule has 4 rings (SSSR count). The molecule has 36 heavy (non-hydrogen) atoms. The summed E-state index contributed by atoms with van der Waals surface area (Å²) in [5.74, 6) is -0.917. The van der Waals surface area contributed by atoms with E-state index in [2.05, 4.69) is 0 Å². The van der Waals surface area contributed by atoms with Crippen LogP contribution < -0.4 is 4.90 Å². The highest BCUT2D eigenvalue weighted by Gasteiger charge is 2.45. The number of hydrogen-bond acceptors (Lipinski definition) is 7. The fourth-order valence-electron chi connectivity index (χ4n) is 4.33. The first-order valence-corrected chi connectivity index (χ1v) is 13.6. The Balaban J connectivity index is 1.66. The number of hydrogen-bond donors (Lipinski definition) is 0. The van der Waals surface area contributed by atoms with Gasteiger partial charge in [-0.3, -0.25) is 9.59 Å². The van der Waals surface area contributed by atoms with Crippen molar-refractivity contribution >= 4 is 55.2 Å². The Morgan fingerprint density at radius 3 is 2.31 bits per heavy atom. The number of esters is 1. The maximum Gasteiger partial charge on any atom is 0.337 e. The van der Waals surface area contributed by atoms with Crippen molar-refractivity contribution in [3.05, 3.63) is 72.3 Å². The zero-order valence-corrected chi connectivity index (χ0v) is 21.7. The number of likely N-dealkylation sites (N-methyl/N-ethyl adjacent to an activating group) is 1. The number of anilines is 1. The highest BCUT2D eigenvalue weighted by Crippen LogP contribution is 2.35. The average molecular weight is 527 g/mol. The van der Waals surface area contributed by atoms with Gasteiger partial charge in [0.1, 0.15) is 6.04 Å². The molecule has 1 fully saturated rings. The van der Waals surface area contributed by atoms with Gasteiger partial charge in [-0.2, -0.15) is 4.31 Å². The van der Waals surface area contributed by atoms with E-state index in [1.165, 1.54) is 35.4 Å². The standard InChI is InChI=1S/C26H26N2O6S2/c1-17(29)35-22-15-24(25(30)27(2)21-11-8-19(9-12-21)26(31)34-3)28(16-22)36(32,33)23-13-10-18-6-4-5-7-20(18)14-23/h4-14,22,24H,15-16H2,1-3H3/t22-,24+/m1/s1. The van der Waals surface area contributed by atoms with E-state index in [0.717, 1.165) is 22.5 Å². The van der Waals surface area contributed by atoms with E-state index >= 15 is 0 Å². The van der Waals surface area contributed by atoms with Crippen LogP contribution in [0.15, 0.2) is 71.6 Å². The minimum absolute atomic E-state index is 0.0466. The summed E-state index contributed by atoms with van der Waals surface area (Å²) in [7, 11) is -1.19. The summed E-state index contributed by atoms with van der Waals surface area (Å²) in [4.78, 5) is 38.6. The Morgan fingerprint density at radius 2 is 1.67 bits per heavy atom. The van der Waals surface area contributed by atoms with Gasteiger partial charge in [0, 0.05) is 31.5 Å². The third-order valence-corrected chi connectivity index (χ3v) is 9.05. The summed E-state index contributed by atoms with van der Waals surface area (Å²) in [6.45, 7) is 1.47. The first-order chi connectivity index (χ1) is 17.1. The summed E-state index contributed by atoms with van der Waals surface area (Å²) in [6.07, 6.45) is 0.209. The predicted molar refractivity (Wildman–Crippen MR) is 139 cm³/mol. The van der Waals surface area contributed by atoms with Crippen LogP contribution in [0.4, 0.5) is 5.69 Å². The zero-order valence-electron chi connectivity index (χ0n) is 20.1. The van der Waals surface area contributed by atoms with Crippen LogP contribution in [-0.4, -0.2) is 61.7 Å². The first kappa shape index (κ1) is 25.9. The number of rotatable bonds is 6. The molecule has 0 unspecified atom stereocenters. The van der Waals surface area contributed by atoms with Crippen LogP contribution in [0.3, 0.4) is 0 Å². The first-order valence-electron chi connectivity index (χ1n) is 11.3. The minimum Gasteiger partial charge on any atom is -0.465 e. The summed E-state index contributed by atoms with van der Waals surface area (Å²) in [6, 6.07) is 17.6. The van der Waals surface area contributed by atoms with Crippen LogP contribution in [0.2, 0.25) is 0 Å². The highest BCUT2D eigenvalue weighted by atomic mass is 32.2. The lowest BCUT2D eigenvalue weighted by atomic mass is 10.1. The van der Waals surface area contributed by atoms with E-state index < -0.39 is 27.9 Å². The van der Waals surface area contributed by atoms with Crippen LogP contribution in [0, 0.1) is 0 Å². The van der Waals surface area contributed by atoms with Gasteiger partial charge in [0.2, 0.25) is 15.9 Å². The normalized spacial score (nSPS) is 18.2. The Hall–Kier alpha value is -3.21. The fraction of sp³-hybridized carbons (Fsp3) is 0.269. The molecule has 0 bridgehead atoms. The molecule has 0 aromatic heterocycles. The second-order valence-electron chi connectivity index (χ2n) is 8.50. The number of nitrogens with zero attached hydrogens (tertiary/aromatic N) is 2. The highest BCUT2D eigenvalue weighted by molar-refractivity contribution is 8.14. The van der Waals surface area contributed by atoms with Gasteiger partial charge in [0.05, 0.1) is 17.6 Å². The van der Waals surface area contributed by atoms with Crippen molar-refractivity contribution in [3.8, 4) is 0 Å². The number of fused-ring (bicyclic) bond motifs is 1. The van der Waals surface area contributed by atoms with Gasteiger partial charge in [-0.05, 0) is 53.6 Å². The SMILES string of the molecule is COC(=O)c1ccc(N(C)C(=O)[C@@H]2C[C@@H](SC(C)=O)CN2S(=O)(=O)c2ccc3ccccc3c2)cc1. The predicted octanol–water partition coefficient (Wildman–Crippen LogP) is 3.70. The third-order valence-electron chi connectivity index (χ3n) is 6.17. The minimum atomic E-state index is -4.03. The van der Waals surface area contributed by atoms with Crippen LogP contribution in [0.1, 0.15) is 23.7 Å². The van der Waals surface area contributed by atoms with Crippen molar-refractivity contribution in [2.45, 2.75) is 29.5 Å². The number of sulfonamides is 1. The molecule has 0 spiro atoms. The van der Waals surface area contributed by atoms with E-state index in [4.69, 9.17) is 4.74 Å². The smallest absolute Gasteiger partial charge is 0.337 e. The van der Waals surface area contributed by atoms with Gasteiger partial charge >= 0.3 is 5.97 Å². The summed E-state index contributed by atoms with van der Waals surface area (Å²) in [5, 5.41) is 1.20. The maximum atomic E-state index is 13.7. The molecule has 10 heteroatoms. The van der Waals surface area contributed by atoms with Crippen molar-refractivity contribution < 1.29 is 27.5 Å². The van der Waals surface area contributed by atoms with Gasteiger partial charge in [0.15, 0.2) is 5.12 Å². The summed E-state index contributed by atoms with van der Waals surface area (Å²) >= 11 is 1.05. The molecular formula is C26H26N2O6S2. The lowest BCUT2D eigenvalue weighted by Crippen LogP contribution is -2.46. The molecule has 3 aromatic rings. The van der Waals surface area contributed by atoms with Crippen LogP contribution in [0.5, 0.6) is 0 Å². The Morgan fingerprint density at radius 1 is 1.00 bits per heavy atom. The number of carbonyl (C=O) groups is 3. The summed E-state index contributed by atoms with van der Waals surface area (Å²) in [5.41, 5.74) is 0.833. The van der Waals surface area contributed by atoms with Crippen molar-refractivity contribution in [2.75, 3.05) is 25.6 Å². The molecular weight excluding hydrogens is 500 g/mol. The zero-order chi connectivity index (χ0) is 26.0. The second-order valence-corrected chi connectivity index (χ2v) is 11.9. The van der Waals surface area contributed by atoms with E-state index in [9.17, 15) is 22.8 Å². The van der Waals surface area contributed by atoms with Gasteiger partial charge in [-0.1, -0.05) is 42.1 Å². The molecule has 2 atom stereocenters. The van der Waals surface area contributed by atoms with Crippen molar-refractivity contribution in [3.63, 3.8) is 0 Å². The average Bonchev–Trinajstić information content (AvgIpc) is 3.31. The molecule has 8 nitrogen and oxygen atoms in total. The van der Waals surface area contributed by atoms with Crippen LogP contribution in [0.25, 0.3) is 10.8 Å². The molecule has 188 valence electrons. The molecule has 0 radical (unpaired) electrons. The van der Waals surface area contributed by atoms with E-state index in [1.807, 2.05) is 24.3 Å². The monoisotopic (exact) mass is 526 g/mol. The molecule has 3 aromatic carbocycles. The largest absolute Gasteiger partial charge is 0.465 e. The van der Waals surface area contributed by atoms with E-state index in [0.29, 0.717) is 11.3 Å². The topological polar surface area (TPSA) is 101 Å². The Bertz CT molecular complexity index is 1420. The molecule has 0 N–H and O–H groups in total. The molecule has 1 aliphatic heterocycles. The van der Waals surface area contributed by atoms with Crippen molar-refractivity contribution in [2.24, 2.45) is 0 Å². The lowest BCUT2D eigenvalue weighted by molar-refractivity contribution is -0.121. The molecule has 0 aliphatic carbocycles. The molecule has 1 amide bonds. The van der Waals surface area contributed by atoms with Crippen LogP contribution >= 0.6 is 11.8 Å². The molecule has 1 saturated heterocycles. The second kappa shape index (κ2) is 10.4. The molecule has 0 saturated carbocycles. The molecule has 1 aliphatic rings. The van der Waals surface area contributed by atoms with Gasteiger partial charge in [-0.15, -0.1) is 0 Å². The van der Waals surface area contributed by atoms with Crippen molar-refractivity contribution in [1.82, 2.24) is 4.31 Å². The number of carbonyl (C=O) groups excluding carboxylic acids is 3. The number of benzene rings is 3.